The molecule has 2 N–H and O–H groups in total. The Morgan fingerprint density at radius 2 is 1.74 bits per heavy atom. The van der Waals surface area contributed by atoms with Crippen LogP contribution in [-0.2, 0) is 10.0 Å². The minimum Gasteiger partial charge on any atom is -0.345 e. The van der Waals surface area contributed by atoms with E-state index in [-0.39, 0.29) is 10.9 Å². The van der Waals surface area contributed by atoms with E-state index in [0.29, 0.717) is 42.9 Å². The van der Waals surface area contributed by atoms with E-state index in [4.69, 9.17) is 10.1 Å². The molecule has 0 saturated carbocycles. The number of nitrogens with zero attached hydrogens (tertiary/aromatic N) is 4. The van der Waals surface area contributed by atoms with E-state index in [1.807, 2.05) is 12.1 Å². The molecule has 0 radical (unpaired) electrons. The standard InChI is InChI=1S/C23H20BrN5O3S2/c24-15-7-8-19-20(14-15)33-23(27-19)29-12-10-28(11-13-29)22(30)18-5-2-1-4-16(18)17-6-3-9-26-21(17)34(25,31)32/h1-9,14H,10-13H2,(H2,25,31,32). The van der Waals surface area contributed by atoms with Crippen LogP contribution in [0.4, 0.5) is 5.13 Å². The summed E-state index contributed by atoms with van der Waals surface area (Å²) in [4.78, 5) is 26.1. The quantitative estimate of drug-likeness (QED) is 0.409. The van der Waals surface area contributed by atoms with Gasteiger partial charge in [0.05, 0.1) is 10.2 Å². The molecule has 174 valence electrons. The first-order chi connectivity index (χ1) is 16.3. The minimum atomic E-state index is -4.05. The molecule has 11 heteroatoms. The topological polar surface area (TPSA) is 109 Å². The second kappa shape index (κ2) is 9.06. The number of primary sulfonamides is 1. The third kappa shape index (κ3) is 4.43. The van der Waals surface area contributed by atoms with Crippen LogP contribution in [0.5, 0.6) is 0 Å². The van der Waals surface area contributed by atoms with Gasteiger partial charge in [-0.1, -0.05) is 45.5 Å². The summed E-state index contributed by atoms with van der Waals surface area (Å²) in [6.07, 6.45) is 1.37. The molecule has 5 rings (SSSR count). The van der Waals surface area contributed by atoms with Gasteiger partial charge in [-0.15, -0.1) is 0 Å². The summed E-state index contributed by atoms with van der Waals surface area (Å²) < 4.78 is 26.3. The zero-order chi connectivity index (χ0) is 23.9. The number of aromatic nitrogens is 2. The highest BCUT2D eigenvalue weighted by Gasteiger charge is 2.27. The maximum absolute atomic E-state index is 13.5. The molecule has 0 spiro atoms. The molecule has 4 aromatic rings. The lowest BCUT2D eigenvalue weighted by atomic mass is 10.00. The van der Waals surface area contributed by atoms with Crippen LogP contribution in [0.25, 0.3) is 21.3 Å². The van der Waals surface area contributed by atoms with E-state index in [0.717, 1.165) is 19.8 Å². The van der Waals surface area contributed by atoms with Crippen molar-refractivity contribution in [3.05, 3.63) is 70.8 Å². The second-order valence-electron chi connectivity index (χ2n) is 7.83. The van der Waals surface area contributed by atoms with Crippen LogP contribution in [0, 0.1) is 0 Å². The largest absolute Gasteiger partial charge is 0.345 e. The van der Waals surface area contributed by atoms with Gasteiger partial charge in [0.25, 0.3) is 15.9 Å². The molecule has 1 saturated heterocycles. The van der Waals surface area contributed by atoms with Crippen molar-refractivity contribution in [3.63, 3.8) is 0 Å². The van der Waals surface area contributed by atoms with Crippen molar-refractivity contribution < 1.29 is 13.2 Å². The van der Waals surface area contributed by atoms with Gasteiger partial charge >= 0.3 is 0 Å². The number of halogens is 1. The van der Waals surface area contributed by atoms with Gasteiger partial charge in [-0.05, 0) is 42.0 Å². The number of piperazine rings is 1. The van der Waals surface area contributed by atoms with Crippen LogP contribution >= 0.6 is 27.3 Å². The van der Waals surface area contributed by atoms with Gasteiger partial charge in [0.15, 0.2) is 10.2 Å². The zero-order valence-electron chi connectivity index (χ0n) is 17.9. The van der Waals surface area contributed by atoms with E-state index < -0.39 is 10.0 Å². The molecule has 2 aromatic carbocycles. The number of carbonyl (C=O) groups is 1. The normalized spacial score (nSPS) is 14.5. The highest BCUT2D eigenvalue weighted by Crippen LogP contribution is 2.32. The molecule has 1 fully saturated rings. The highest BCUT2D eigenvalue weighted by molar-refractivity contribution is 9.10. The molecule has 34 heavy (non-hydrogen) atoms. The molecule has 0 bridgehead atoms. The van der Waals surface area contributed by atoms with Crippen LogP contribution in [0.2, 0.25) is 0 Å². The fraction of sp³-hybridized carbons (Fsp3) is 0.174. The fourth-order valence-corrected chi connectivity index (χ4v) is 6.28. The van der Waals surface area contributed by atoms with Gasteiger partial charge in [0, 0.05) is 48.0 Å². The van der Waals surface area contributed by atoms with Gasteiger partial charge in [-0.3, -0.25) is 4.79 Å². The lowest BCUT2D eigenvalue weighted by molar-refractivity contribution is 0.0747. The number of amides is 1. The summed E-state index contributed by atoms with van der Waals surface area (Å²) in [6, 6.07) is 16.2. The SMILES string of the molecule is NS(=O)(=O)c1ncccc1-c1ccccc1C(=O)N1CCN(c2nc3ccc(Br)cc3s2)CC1. The van der Waals surface area contributed by atoms with E-state index >= 15 is 0 Å². The van der Waals surface area contributed by atoms with Crippen molar-refractivity contribution in [1.29, 1.82) is 0 Å². The number of hydrogen-bond acceptors (Lipinski definition) is 7. The number of nitrogens with two attached hydrogens (primary N) is 1. The molecule has 0 unspecified atom stereocenters. The van der Waals surface area contributed by atoms with Crippen LogP contribution in [0.1, 0.15) is 10.4 Å². The average Bonchev–Trinajstić information content (AvgIpc) is 3.26. The fourth-order valence-electron chi connectivity index (χ4n) is 4.02. The van der Waals surface area contributed by atoms with Crippen molar-refractivity contribution in [1.82, 2.24) is 14.9 Å². The number of fused-ring (bicyclic) bond motifs is 1. The van der Waals surface area contributed by atoms with Crippen molar-refractivity contribution in [2.45, 2.75) is 5.03 Å². The van der Waals surface area contributed by atoms with E-state index in [1.165, 1.54) is 6.20 Å². The summed E-state index contributed by atoms with van der Waals surface area (Å²) in [5, 5.41) is 6.06. The summed E-state index contributed by atoms with van der Waals surface area (Å²) in [5.74, 6) is -0.160. The maximum atomic E-state index is 13.5. The van der Waals surface area contributed by atoms with Gasteiger partial charge in [-0.2, -0.15) is 0 Å². The van der Waals surface area contributed by atoms with E-state index in [9.17, 15) is 13.2 Å². The molecule has 1 amide bonds. The Morgan fingerprint density at radius 1 is 1.00 bits per heavy atom. The third-order valence-corrected chi connectivity index (χ3v) is 8.10. The first-order valence-corrected chi connectivity index (χ1v) is 13.6. The molecular formula is C23H20BrN5O3S2. The number of anilines is 1. The van der Waals surface area contributed by atoms with Gasteiger partial charge in [-0.25, -0.2) is 23.5 Å². The molecule has 2 aromatic heterocycles. The summed E-state index contributed by atoms with van der Waals surface area (Å²) in [5.41, 5.74) is 2.17. The number of carbonyl (C=O) groups excluding carboxylic acids is 1. The molecule has 1 aliphatic rings. The predicted molar refractivity (Wildman–Crippen MR) is 136 cm³/mol. The summed E-state index contributed by atoms with van der Waals surface area (Å²) in [7, 11) is -4.05. The summed E-state index contributed by atoms with van der Waals surface area (Å²) in [6.45, 7) is 2.37. The Balaban J connectivity index is 1.38. The maximum Gasteiger partial charge on any atom is 0.256 e. The Kier molecular flexibility index (Phi) is 6.11. The molecule has 0 atom stereocenters. The van der Waals surface area contributed by atoms with Crippen LogP contribution in [0.3, 0.4) is 0 Å². The van der Waals surface area contributed by atoms with Crippen LogP contribution in [0.15, 0.2) is 70.3 Å². The Morgan fingerprint density at radius 3 is 2.50 bits per heavy atom. The Labute approximate surface area is 209 Å². The van der Waals surface area contributed by atoms with Crippen LogP contribution < -0.4 is 10.0 Å². The first-order valence-electron chi connectivity index (χ1n) is 10.5. The minimum absolute atomic E-state index is 0.160. The van der Waals surface area contributed by atoms with Gasteiger partial charge < -0.3 is 9.80 Å². The average molecular weight is 558 g/mol. The number of thiazole rings is 1. The number of sulfonamides is 1. The zero-order valence-corrected chi connectivity index (χ0v) is 21.1. The molecule has 0 aliphatic carbocycles. The van der Waals surface area contributed by atoms with Crippen molar-refractivity contribution >= 4 is 58.5 Å². The lowest BCUT2D eigenvalue weighted by Crippen LogP contribution is -2.48. The monoisotopic (exact) mass is 557 g/mol. The highest BCUT2D eigenvalue weighted by atomic mass is 79.9. The third-order valence-electron chi connectivity index (χ3n) is 5.66. The number of hydrogen-bond donors (Lipinski definition) is 1. The predicted octanol–water partition coefficient (Wildman–Crippen LogP) is 3.73. The molecular weight excluding hydrogens is 538 g/mol. The van der Waals surface area contributed by atoms with E-state index in [1.54, 1.807) is 52.6 Å². The smallest absolute Gasteiger partial charge is 0.256 e. The number of benzene rings is 2. The summed E-state index contributed by atoms with van der Waals surface area (Å²) >= 11 is 5.13. The van der Waals surface area contributed by atoms with Crippen molar-refractivity contribution in [2.75, 3.05) is 31.1 Å². The van der Waals surface area contributed by atoms with Crippen LogP contribution in [-0.4, -0.2) is 55.4 Å². The first kappa shape index (κ1) is 22.9. The lowest BCUT2D eigenvalue weighted by Gasteiger charge is -2.35. The van der Waals surface area contributed by atoms with Gasteiger partial charge in [0.2, 0.25) is 0 Å². The molecule has 3 heterocycles. The molecule has 8 nitrogen and oxygen atoms in total. The van der Waals surface area contributed by atoms with Crippen molar-refractivity contribution in [2.24, 2.45) is 5.14 Å². The number of rotatable bonds is 4. The van der Waals surface area contributed by atoms with Crippen molar-refractivity contribution in [3.8, 4) is 11.1 Å². The molecule has 1 aliphatic heterocycles. The Hall–Kier alpha value is -2.86. The Bertz CT molecular complexity index is 1500. The second-order valence-corrected chi connectivity index (χ2v) is 11.2. The van der Waals surface area contributed by atoms with Gasteiger partial charge in [0.1, 0.15) is 0 Å². The van der Waals surface area contributed by atoms with E-state index in [2.05, 4.69) is 31.9 Å². The number of pyridine rings is 1.